The topological polar surface area (TPSA) is 0 Å². The molecule has 0 aliphatic carbocycles. The van der Waals surface area contributed by atoms with Gasteiger partial charge in [-0.3, -0.25) is 0 Å². The Hall–Kier alpha value is -2.42. The van der Waals surface area contributed by atoms with Crippen LogP contribution >= 0.6 is 22.7 Å². The smallest absolute Gasteiger partial charge is 0.0542 e. The molecule has 0 amide bonds. The zero-order valence-electron chi connectivity index (χ0n) is 13.8. The molecule has 5 rings (SSSR count). The van der Waals surface area contributed by atoms with E-state index in [0.29, 0.717) is 0 Å². The Labute approximate surface area is 154 Å². The van der Waals surface area contributed by atoms with Gasteiger partial charge in [-0.1, -0.05) is 60.7 Å². The molecule has 0 bridgehead atoms. The van der Waals surface area contributed by atoms with Crippen molar-refractivity contribution in [3.8, 4) is 0 Å². The van der Waals surface area contributed by atoms with Gasteiger partial charge in [-0.25, -0.2) is 0 Å². The van der Waals surface area contributed by atoms with E-state index in [-0.39, 0.29) is 0 Å². The van der Waals surface area contributed by atoms with Gasteiger partial charge in [-0.05, 0) is 41.5 Å². The van der Waals surface area contributed by atoms with Gasteiger partial charge < -0.3 is 0 Å². The average Bonchev–Trinajstić information content (AvgIpc) is 3.15. The minimum absolute atomic E-state index is 1.26. The van der Waals surface area contributed by atoms with Crippen molar-refractivity contribution in [2.75, 3.05) is 0 Å². The summed E-state index contributed by atoms with van der Waals surface area (Å²) in [5, 5.41) is 5.42. The number of allylic oxidation sites excluding steroid dienone is 3. The van der Waals surface area contributed by atoms with Crippen LogP contribution in [-0.2, 0) is 0 Å². The third-order valence-corrected chi connectivity index (χ3v) is 7.07. The van der Waals surface area contributed by atoms with Crippen LogP contribution in [0.1, 0.15) is 12.5 Å². The highest BCUT2D eigenvalue weighted by molar-refractivity contribution is 7.36. The number of fused-ring (bicyclic) bond motifs is 6. The van der Waals surface area contributed by atoms with Crippen LogP contribution in [0.2, 0.25) is 0 Å². The molecule has 2 heterocycles. The number of hydrogen-bond acceptors (Lipinski definition) is 2. The highest BCUT2D eigenvalue weighted by Crippen LogP contribution is 2.45. The predicted octanol–water partition coefficient (Wildman–Crippen LogP) is 8.01. The molecule has 0 aliphatic rings. The fourth-order valence-electron chi connectivity index (χ4n) is 3.34. The second-order valence-corrected chi connectivity index (χ2v) is 8.30. The zero-order chi connectivity index (χ0) is 16.8. The van der Waals surface area contributed by atoms with Crippen molar-refractivity contribution in [2.45, 2.75) is 6.92 Å². The van der Waals surface area contributed by atoms with E-state index in [4.69, 9.17) is 0 Å². The summed E-state index contributed by atoms with van der Waals surface area (Å²) in [5.41, 5.74) is 1.26. The molecule has 0 N–H and O–H groups in total. The Morgan fingerprint density at radius 2 is 1.44 bits per heavy atom. The summed E-state index contributed by atoms with van der Waals surface area (Å²) in [6, 6.07) is 20.1. The molecule has 25 heavy (non-hydrogen) atoms. The molecule has 0 radical (unpaired) electrons. The first kappa shape index (κ1) is 14.9. The van der Waals surface area contributed by atoms with Gasteiger partial charge in [-0.15, -0.1) is 22.7 Å². The van der Waals surface area contributed by atoms with Crippen molar-refractivity contribution in [2.24, 2.45) is 0 Å². The lowest BCUT2D eigenvalue weighted by Gasteiger charge is -1.97. The first-order valence-corrected chi connectivity index (χ1v) is 10.0. The summed E-state index contributed by atoms with van der Waals surface area (Å²) in [7, 11) is 0. The van der Waals surface area contributed by atoms with Gasteiger partial charge in [0.2, 0.25) is 0 Å². The van der Waals surface area contributed by atoms with Crippen LogP contribution in [0, 0.1) is 0 Å². The SMILES string of the molecule is C/C=C\C=C/c1ccc2c(c1)sc1c3cc4ccccc4cc3sc21. The largest absolute Gasteiger partial charge is 0.134 e. The molecule has 0 fully saturated rings. The lowest BCUT2D eigenvalue weighted by atomic mass is 10.1. The Morgan fingerprint density at radius 3 is 2.24 bits per heavy atom. The molecule has 0 atom stereocenters. The van der Waals surface area contributed by atoms with Crippen molar-refractivity contribution >= 4 is 69.1 Å². The molecule has 2 aromatic heterocycles. The van der Waals surface area contributed by atoms with Crippen LogP contribution < -0.4 is 0 Å². The van der Waals surface area contributed by atoms with E-state index < -0.39 is 0 Å². The minimum atomic E-state index is 1.26. The standard InChI is InChI=1S/C23H16S2/c1-2-3-4-7-15-10-11-18-20(12-15)24-23-19-13-16-8-5-6-9-17(16)14-21(19)25-22(18)23/h2-14H,1H3/b3-2-,7-4-. The second-order valence-electron chi connectivity index (χ2n) is 6.20. The first-order chi connectivity index (χ1) is 12.3. The molecule has 0 unspecified atom stereocenters. The Balaban J connectivity index is 1.76. The van der Waals surface area contributed by atoms with Gasteiger partial charge in [0.15, 0.2) is 0 Å². The van der Waals surface area contributed by atoms with E-state index in [1.807, 2.05) is 35.7 Å². The number of rotatable bonds is 2. The molecule has 0 saturated heterocycles. The molecule has 3 aromatic carbocycles. The highest BCUT2D eigenvalue weighted by atomic mass is 32.1. The molecule has 120 valence electrons. The van der Waals surface area contributed by atoms with Gasteiger partial charge in [0.1, 0.15) is 0 Å². The lowest BCUT2D eigenvalue weighted by molar-refractivity contribution is 1.73. The lowest BCUT2D eigenvalue weighted by Crippen LogP contribution is -1.70. The van der Waals surface area contributed by atoms with Crippen molar-refractivity contribution in [3.05, 3.63) is 78.4 Å². The fourth-order valence-corrected chi connectivity index (χ4v) is 6.06. The summed E-state index contributed by atoms with van der Waals surface area (Å²) in [6.45, 7) is 2.04. The molecule has 0 saturated carbocycles. The third kappa shape index (κ3) is 2.41. The van der Waals surface area contributed by atoms with E-state index in [9.17, 15) is 0 Å². The number of benzene rings is 3. The average molecular weight is 357 g/mol. The summed E-state index contributed by atoms with van der Waals surface area (Å²) in [4.78, 5) is 0. The van der Waals surface area contributed by atoms with Crippen molar-refractivity contribution in [1.82, 2.24) is 0 Å². The summed E-state index contributed by atoms with van der Waals surface area (Å²) in [6.07, 6.45) is 8.37. The van der Waals surface area contributed by atoms with Crippen LogP contribution in [0.25, 0.3) is 46.4 Å². The number of hydrogen-bond donors (Lipinski definition) is 0. The fraction of sp³-hybridized carbons (Fsp3) is 0.0435. The summed E-state index contributed by atoms with van der Waals surface area (Å²) in [5.74, 6) is 0. The molecular formula is C23H16S2. The van der Waals surface area contributed by atoms with Crippen molar-refractivity contribution in [1.29, 1.82) is 0 Å². The Morgan fingerprint density at radius 1 is 0.720 bits per heavy atom. The maximum absolute atomic E-state index is 2.35. The van der Waals surface area contributed by atoms with Crippen LogP contribution in [0.4, 0.5) is 0 Å². The molecule has 0 nitrogen and oxygen atoms in total. The van der Waals surface area contributed by atoms with Gasteiger partial charge in [-0.2, -0.15) is 0 Å². The Kier molecular flexibility index (Phi) is 3.47. The van der Waals surface area contributed by atoms with Crippen LogP contribution in [0.3, 0.4) is 0 Å². The first-order valence-electron chi connectivity index (χ1n) is 8.40. The molecule has 0 aliphatic heterocycles. The summed E-state index contributed by atoms with van der Waals surface area (Å²) >= 11 is 3.84. The van der Waals surface area contributed by atoms with E-state index in [2.05, 4.69) is 72.8 Å². The van der Waals surface area contributed by atoms with Gasteiger partial charge in [0, 0.05) is 20.2 Å². The molecule has 0 spiro atoms. The van der Waals surface area contributed by atoms with Gasteiger partial charge >= 0.3 is 0 Å². The highest BCUT2D eigenvalue weighted by Gasteiger charge is 2.12. The van der Waals surface area contributed by atoms with Crippen LogP contribution in [0.5, 0.6) is 0 Å². The van der Waals surface area contributed by atoms with Crippen LogP contribution in [0.15, 0.2) is 72.8 Å². The predicted molar refractivity (Wildman–Crippen MR) is 116 cm³/mol. The van der Waals surface area contributed by atoms with E-state index in [1.165, 1.54) is 45.9 Å². The third-order valence-electron chi connectivity index (χ3n) is 4.57. The van der Waals surface area contributed by atoms with Crippen molar-refractivity contribution < 1.29 is 0 Å². The second kappa shape index (κ2) is 5.83. The molecular weight excluding hydrogens is 340 g/mol. The molecule has 5 aromatic rings. The van der Waals surface area contributed by atoms with E-state index >= 15 is 0 Å². The number of thiophene rings is 2. The summed E-state index contributed by atoms with van der Waals surface area (Å²) < 4.78 is 5.61. The van der Waals surface area contributed by atoms with Crippen LogP contribution in [-0.4, -0.2) is 0 Å². The zero-order valence-corrected chi connectivity index (χ0v) is 15.5. The van der Waals surface area contributed by atoms with E-state index in [1.54, 1.807) is 0 Å². The van der Waals surface area contributed by atoms with Crippen molar-refractivity contribution in [3.63, 3.8) is 0 Å². The maximum Gasteiger partial charge on any atom is 0.0542 e. The quantitative estimate of drug-likeness (QED) is 0.281. The molecule has 2 heteroatoms. The van der Waals surface area contributed by atoms with Gasteiger partial charge in [0.05, 0.1) is 9.40 Å². The maximum atomic E-state index is 2.35. The monoisotopic (exact) mass is 356 g/mol. The van der Waals surface area contributed by atoms with E-state index in [0.717, 1.165) is 0 Å². The normalized spacial score (nSPS) is 12.7. The Bertz CT molecular complexity index is 1300. The minimum Gasteiger partial charge on any atom is -0.134 e. The van der Waals surface area contributed by atoms with Gasteiger partial charge in [0.25, 0.3) is 0 Å².